The third-order valence-corrected chi connectivity index (χ3v) is 2.89. The first kappa shape index (κ1) is 11.4. The van der Waals surface area contributed by atoms with Crippen molar-refractivity contribution < 1.29 is 4.74 Å². The number of hydrogen-bond donors (Lipinski definition) is 0. The zero-order chi connectivity index (χ0) is 11.2. The van der Waals surface area contributed by atoms with Crippen LogP contribution in [0.1, 0.15) is 10.7 Å². The molecule has 0 N–H and O–H groups in total. The lowest BCUT2D eigenvalue weighted by molar-refractivity contribution is 0.122. The molecule has 0 bridgehead atoms. The van der Waals surface area contributed by atoms with Gasteiger partial charge < -0.3 is 4.74 Å². The van der Waals surface area contributed by atoms with E-state index in [9.17, 15) is 0 Å². The van der Waals surface area contributed by atoms with Crippen molar-refractivity contribution >= 4 is 22.9 Å². The van der Waals surface area contributed by atoms with Crippen molar-refractivity contribution in [3.8, 4) is 0 Å². The van der Waals surface area contributed by atoms with Gasteiger partial charge in [-0.2, -0.15) is 0 Å². The van der Waals surface area contributed by atoms with E-state index in [-0.39, 0.29) is 0 Å². The number of hydrogen-bond acceptors (Lipinski definition) is 5. The summed E-state index contributed by atoms with van der Waals surface area (Å²) in [5.74, 6) is 0. The Morgan fingerprint density at radius 2 is 2.25 bits per heavy atom. The monoisotopic (exact) mass is 255 g/mol. The Labute approximate surface area is 102 Å². The molecule has 0 spiro atoms. The number of halogens is 1. The van der Waals surface area contributed by atoms with Crippen LogP contribution in [-0.4, -0.2) is 21.8 Å². The summed E-state index contributed by atoms with van der Waals surface area (Å²) in [6.45, 7) is 1.07. The highest BCUT2D eigenvalue weighted by Gasteiger charge is 2.01. The third kappa shape index (κ3) is 3.52. The normalized spacial score (nSPS) is 10.6. The van der Waals surface area contributed by atoms with Crippen LogP contribution in [0.4, 0.5) is 0 Å². The average molecular weight is 256 g/mol. The molecule has 0 unspecified atom stereocenters. The largest absolute Gasteiger partial charge is 0.374 e. The summed E-state index contributed by atoms with van der Waals surface area (Å²) in [5, 5.41) is 8.35. The topological polar surface area (TPSA) is 47.9 Å². The van der Waals surface area contributed by atoms with Crippen LogP contribution in [0.3, 0.4) is 0 Å². The van der Waals surface area contributed by atoms with Crippen LogP contribution in [-0.2, 0) is 17.8 Å². The Balaban J connectivity index is 1.69. The van der Waals surface area contributed by atoms with Crippen LogP contribution in [0.15, 0.2) is 24.4 Å². The average Bonchev–Trinajstić information content (AvgIpc) is 2.72. The van der Waals surface area contributed by atoms with Crippen LogP contribution < -0.4 is 0 Å². The highest BCUT2D eigenvalue weighted by Crippen LogP contribution is 2.15. The SMILES string of the molecule is Clc1nnc(COCCc2ccccn2)s1. The van der Waals surface area contributed by atoms with Crippen molar-refractivity contribution in [1.29, 1.82) is 0 Å². The highest BCUT2D eigenvalue weighted by molar-refractivity contribution is 7.15. The predicted octanol–water partition coefficient (Wildman–Crippen LogP) is 2.35. The van der Waals surface area contributed by atoms with Gasteiger partial charge in [0.25, 0.3) is 0 Å². The molecule has 2 aromatic rings. The van der Waals surface area contributed by atoms with Gasteiger partial charge in [-0.05, 0) is 23.7 Å². The summed E-state index contributed by atoms with van der Waals surface area (Å²) in [6.07, 6.45) is 2.58. The molecule has 0 aromatic carbocycles. The second-order valence-corrected chi connectivity index (χ2v) is 4.72. The molecular weight excluding hydrogens is 246 g/mol. The summed E-state index contributed by atoms with van der Waals surface area (Å²) >= 11 is 6.99. The Morgan fingerprint density at radius 1 is 1.31 bits per heavy atom. The second-order valence-electron chi connectivity index (χ2n) is 3.07. The van der Waals surface area contributed by atoms with E-state index in [1.807, 2.05) is 18.2 Å². The standard InChI is InChI=1S/C10H10ClN3OS/c11-10-14-13-9(16-10)7-15-6-4-8-3-1-2-5-12-8/h1-3,5H,4,6-7H2. The van der Waals surface area contributed by atoms with Crippen molar-refractivity contribution in [1.82, 2.24) is 15.2 Å². The molecule has 0 radical (unpaired) electrons. The molecule has 2 aromatic heterocycles. The van der Waals surface area contributed by atoms with Crippen LogP contribution in [0.25, 0.3) is 0 Å². The maximum Gasteiger partial charge on any atom is 0.207 e. The summed E-state index contributed by atoms with van der Waals surface area (Å²) in [7, 11) is 0. The van der Waals surface area contributed by atoms with Gasteiger partial charge in [0.2, 0.25) is 4.47 Å². The van der Waals surface area contributed by atoms with E-state index in [2.05, 4.69) is 15.2 Å². The molecule has 0 aliphatic rings. The summed E-state index contributed by atoms with van der Waals surface area (Å²) in [4.78, 5) is 4.20. The Morgan fingerprint density at radius 3 is 2.94 bits per heavy atom. The smallest absolute Gasteiger partial charge is 0.207 e. The van der Waals surface area contributed by atoms with Gasteiger partial charge in [-0.3, -0.25) is 4.98 Å². The fraction of sp³-hybridized carbons (Fsp3) is 0.300. The fourth-order valence-corrected chi connectivity index (χ4v) is 1.98. The van der Waals surface area contributed by atoms with Gasteiger partial charge in [0.05, 0.1) is 6.61 Å². The molecular formula is C10H10ClN3OS. The van der Waals surface area contributed by atoms with Gasteiger partial charge in [0, 0.05) is 18.3 Å². The van der Waals surface area contributed by atoms with Crippen LogP contribution >= 0.6 is 22.9 Å². The van der Waals surface area contributed by atoms with E-state index in [4.69, 9.17) is 16.3 Å². The van der Waals surface area contributed by atoms with Crippen molar-refractivity contribution in [3.63, 3.8) is 0 Å². The lowest BCUT2D eigenvalue weighted by atomic mass is 10.3. The van der Waals surface area contributed by atoms with Gasteiger partial charge in [0.1, 0.15) is 11.6 Å². The molecule has 0 fully saturated rings. The Hall–Kier alpha value is -1.04. The van der Waals surface area contributed by atoms with Crippen molar-refractivity contribution in [2.45, 2.75) is 13.0 Å². The first-order valence-electron chi connectivity index (χ1n) is 4.80. The molecule has 2 rings (SSSR count). The summed E-state index contributed by atoms with van der Waals surface area (Å²) in [5.41, 5.74) is 1.03. The number of rotatable bonds is 5. The molecule has 0 amide bonds. The van der Waals surface area contributed by atoms with Gasteiger partial charge in [-0.25, -0.2) is 0 Å². The predicted molar refractivity (Wildman–Crippen MR) is 62.5 cm³/mol. The van der Waals surface area contributed by atoms with Crippen LogP contribution in [0.2, 0.25) is 4.47 Å². The van der Waals surface area contributed by atoms with E-state index in [0.29, 0.717) is 17.7 Å². The molecule has 6 heteroatoms. The van der Waals surface area contributed by atoms with Gasteiger partial charge >= 0.3 is 0 Å². The zero-order valence-corrected chi connectivity index (χ0v) is 10.0. The minimum atomic E-state index is 0.448. The van der Waals surface area contributed by atoms with Crippen LogP contribution in [0, 0.1) is 0 Å². The Kier molecular flexibility index (Phi) is 4.21. The summed E-state index contributed by atoms with van der Waals surface area (Å²) < 4.78 is 5.89. The van der Waals surface area contributed by atoms with E-state index in [0.717, 1.165) is 17.1 Å². The van der Waals surface area contributed by atoms with Crippen molar-refractivity contribution in [2.75, 3.05) is 6.61 Å². The maximum absolute atomic E-state index is 5.65. The van der Waals surface area contributed by atoms with E-state index >= 15 is 0 Å². The Bertz CT molecular complexity index is 435. The molecule has 2 heterocycles. The molecule has 0 aliphatic heterocycles. The zero-order valence-electron chi connectivity index (χ0n) is 8.47. The molecule has 0 saturated carbocycles. The summed E-state index contributed by atoms with van der Waals surface area (Å²) in [6, 6.07) is 5.84. The first-order valence-corrected chi connectivity index (χ1v) is 5.99. The van der Waals surface area contributed by atoms with Crippen molar-refractivity contribution in [2.24, 2.45) is 0 Å². The van der Waals surface area contributed by atoms with E-state index in [1.165, 1.54) is 11.3 Å². The lowest BCUT2D eigenvalue weighted by Crippen LogP contribution is -2.00. The molecule has 4 nitrogen and oxygen atoms in total. The molecule has 0 saturated heterocycles. The number of ether oxygens (including phenoxy) is 1. The minimum absolute atomic E-state index is 0.448. The number of pyridine rings is 1. The molecule has 84 valence electrons. The molecule has 0 atom stereocenters. The lowest BCUT2D eigenvalue weighted by Gasteiger charge is -2.00. The van der Waals surface area contributed by atoms with E-state index < -0.39 is 0 Å². The second kappa shape index (κ2) is 5.89. The van der Waals surface area contributed by atoms with E-state index in [1.54, 1.807) is 6.20 Å². The maximum atomic E-state index is 5.65. The van der Waals surface area contributed by atoms with Gasteiger partial charge in [-0.1, -0.05) is 17.4 Å². The molecule has 16 heavy (non-hydrogen) atoms. The highest BCUT2D eigenvalue weighted by atomic mass is 35.5. The molecule has 0 aliphatic carbocycles. The van der Waals surface area contributed by atoms with Gasteiger partial charge in [0.15, 0.2) is 0 Å². The third-order valence-electron chi connectivity index (χ3n) is 1.90. The quantitative estimate of drug-likeness (QED) is 0.770. The first-order chi connectivity index (χ1) is 7.84. The fourth-order valence-electron chi connectivity index (χ4n) is 1.17. The van der Waals surface area contributed by atoms with Crippen molar-refractivity contribution in [3.05, 3.63) is 39.6 Å². The number of aromatic nitrogens is 3. The minimum Gasteiger partial charge on any atom is -0.374 e. The van der Waals surface area contributed by atoms with Gasteiger partial charge in [-0.15, -0.1) is 10.2 Å². The number of nitrogens with zero attached hydrogens (tertiary/aromatic N) is 3. The van der Waals surface area contributed by atoms with Crippen LogP contribution in [0.5, 0.6) is 0 Å².